The lowest BCUT2D eigenvalue weighted by molar-refractivity contribution is 0.0824. The predicted molar refractivity (Wildman–Crippen MR) is 114 cm³/mol. The smallest absolute Gasteiger partial charge is 0.305 e. The molecule has 4 aromatic rings. The average Bonchev–Trinajstić information content (AvgIpc) is 3.48. The first kappa shape index (κ1) is 21.2. The van der Waals surface area contributed by atoms with Gasteiger partial charge in [0.1, 0.15) is 24.2 Å². The van der Waals surface area contributed by atoms with Gasteiger partial charge in [0.25, 0.3) is 5.91 Å². The molecular formula is C23H17N5O5. The minimum Gasteiger partial charge on any atom is -0.504 e. The number of hydrazine groups is 1. The maximum Gasteiger partial charge on any atom is 0.305 e. The molecular weight excluding hydrogens is 426 g/mol. The first-order valence-corrected chi connectivity index (χ1v) is 9.70. The van der Waals surface area contributed by atoms with Gasteiger partial charge in [0.05, 0.1) is 17.4 Å². The maximum absolute atomic E-state index is 12.3. The van der Waals surface area contributed by atoms with Crippen molar-refractivity contribution in [1.29, 1.82) is 5.26 Å². The Balaban J connectivity index is 1.34. The van der Waals surface area contributed by atoms with E-state index in [0.717, 1.165) is 0 Å². The standard InChI is InChI=1S/C23H17N5O5/c24-12-15-6-4-5-9-19(15)32-14-17-10-11-20(33-17)22(30)25-26-23(31)21-18(29)13-28(27-21)16-7-2-1-3-8-16/h1-11,13,29H,14H2,(H,25,30)(H,26,31). The lowest BCUT2D eigenvalue weighted by Crippen LogP contribution is -2.41. The molecule has 2 heterocycles. The number of hydrogen-bond acceptors (Lipinski definition) is 7. The Kier molecular flexibility index (Phi) is 6.04. The molecule has 2 aromatic heterocycles. The molecule has 0 radical (unpaired) electrons. The molecule has 2 amide bonds. The fourth-order valence-electron chi connectivity index (χ4n) is 2.89. The summed E-state index contributed by atoms with van der Waals surface area (Å²) in [4.78, 5) is 24.6. The highest BCUT2D eigenvalue weighted by molar-refractivity contribution is 5.98. The second-order valence-electron chi connectivity index (χ2n) is 6.71. The van der Waals surface area contributed by atoms with E-state index >= 15 is 0 Å². The number of rotatable bonds is 6. The fourth-order valence-corrected chi connectivity index (χ4v) is 2.89. The van der Waals surface area contributed by atoms with Gasteiger partial charge in [-0.15, -0.1) is 0 Å². The molecule has 10 heteroatoms. The number of nitrogens with zero attached hydrogens (tertiary/aromatic N) is 3. The third-order valence-corrected chi connectivity index (χ3v) is 4.48. The Hall–Kier alpha value is -5.04. The summed E-state index contributed by atoms with van der Waals surface area (Å²) < 4.78 is 12.3. The molecule has 0 saturated carbocycles. The number of benzene rings is 2. The summed E-state index contributed by atoms with van der Waals surface area (Å²) in [5.74, 6) is -1.20. The van der Waals surface area contributed by atoms with Crippen molar-refractivity contribution in [2.75, 3.05) is 0 Å². The number of amides is 2. The number of aromatic nitrogens is 2. The van der Waals surface area contributed by atoms with Crippen LogP contribution in [0.25, 0.3) is 5.69 Å². The molecule has 0 aliphatic rings. The molecule has 0 atom stereocenters. The molecule has 10 nitrogen and oxygen atoms in total. The van der Waals surface area contributed by atoms with Crippen LogP contribution >= 0.6 is 0 Å². The zero-order chi connectivity index (χ0) is 23.2. The summed E-state index contributed by atoms with van der Waals surface area (Å²) in [6.07, 6.45) is 1.29. The molecule has 4 rings (SSSR count). The zero-order valence-electron chi connectivity index (χ0n) is 17.1. The Labute approximate surface area is 187 Å². The molecule has 33 heavy (non-hydrogen) atoms. The van der Waals surface area contributed by atoms with E-state index in [1.807, 2.05) is 12.1 Å². The van der Waals surface area contributed by atoms with Crippen LogP contribution in [0.15, 0.2) is 77.3 Å². The van der Waals surface area contributed by atoms with Crippen molar-refractivity contribution in [3.05, 3.63) is 95.7 Å². The summed E-state index contributed by atoms with van der Waals surface area (Å²) in [7, 11) is 0. The molecule has 0 unspecified atom stereocenters. The number of furan rings is 1. The largest absolute Gasteiger partial charge is 0.504 e. The van der Waals surface area contributed by atoms with Crippen LogP contribution in [0.3, 0.4) is 0 Å². The number of aromatic hydroxyl groups is 1. The number of carbonyl (C=O) groups is 2. The molecule has 164 valence electrons. The van der Waals surface area contributed by atoms with Crippen LogP contribution in [-0.2, 0) is 6.61 Å². The highest BCUT2D eigenvalue weighted by Gasteiger charge is 2.19. The normalized spacial score (nSPS) is 10.3. The van der Waals surface area contributed by atoms with Gasteiger partial charge in [-0.05, 0) is 36.4 Å². The maximum atomic E-state index is 12.3. The lowest BCUT2D eigenvalue weighted by atomic mass is 10.2. The number of nitriles is 1. The van der Waals surface area contributed by atoms with Gasteiger partial charge in [-0.3, -0.25) is 20.4 Å². The van der Waals surface area contributed by atoms with Gasteiger partial charge < -0.3 is 14.3 Å². The Morgan fingerprint density at radius 3 is 2.55 bits per heavy atom. The van der Waals surface area contributed by atoms with Gasteiger partial charge in [0, 0.05) is 0 Å². The van der Waals surface area contributed by atoms with Crippen molar-refractivity contribution in [3.8, 4) is 23.3 Å². The van der Waals surface area contributed by atoms with Crippen molar-refractivity contribution in [2.24, 2.45) is 0 Å². The van der Waals surface area contributed by atoms with E-state index in [0.29, 0.717) is 22.8 Å². The van der Waals surface area contributed by atoms with E-state index in [9.17, 15) is 14.7 Å². The van der Waals surface area contributed by atoms with Crippen LogP contribution < -0.4 is 15.6 Å². The van der Waals surface area contributed by atoms with Gasteiger partial charge in [0.2, 0.25) is 0 Å². The van der Waals surface area contributed by atoms with Gasteiger partial charge in [-0.1, -0.05) is 30.3 Å². The van der Waals surface area contributed by atoms with Crippen LogP contribution in [0.5, 0.6) is 11.5 Å². The number of para-hydroxylation sites is 2. The van der Waals surface area contributed by atoms with Crippen molar-refractivity contribution in [3.63, 3.8) is 0 Å². The van der Waals surface area contributed by atoms with Crippen LogP contribution in [0, 0.1) is 11.3 Å². The van der Waals surface area contributed by atoms with Crippen molar-refractivity contribution in [2.45, 2.75) is 6.61 Å². The molecule has 0 bridgehead atoms. The van der Waals surface area contributed by atoms with Crippen molar-refractivity contribution < 1.29 is 23.8 Å². The Bertz CT molecular complexity index is 1340. The summed E-state index contributed by atoms with van der Waals surface area (Å²) in [6, 6.07) is 20.6. The average molecular weight is 443 g/mol. The topological polar surface area (TPSA) is 142 Å². The SMILES string of the molecule is N#Cc1ccccc1OCc1ccc(C(=O)NNC(=O)c2nn(-c3ccccc3)cc2O)o1. The Morgan fingerprint density at radius 1 is 1.03 bits per heavy atom. The van der Waals surface area contributed by atoms with E-state index in [-0.39, 0.29) is 23.8 Å². The van der Waals surface area contributed by atoms with Gasteiger partial charge in [-0.2, -0.15) is 10.4 Å². The number of hydrogen-bond donors (Lipinski definition) is 3. The second-order valence-corrected chi connectivity index (χ2v) is 6.71. The van der Waals surface area contributed by atoms with Gasteiger partial charge >= 0.3 is 5.91 Å². The molecule has 0 aliphatic carbocycles. The molecule has 0 aliphatic heterocycles. The summed E-state index contributed by atoms with van der Waals surface area (Å²) in [5, 5.41) is 23.2. The molecule has 2 aromatic carbocycles. The summed E-state index contributed by atoms with van der Waals surface area (Å²) in [5.41, 5.74) is 5.15. The number of carbonyl (C=O) groups excluding carboxylic acids is 2. The van der Waals surface area contributed by atoms with Crippen LogP contribution in [0.4, 0.5) is 0 Å². The van der Waals surface area contributed by atoms with E-state index in [4.69, 9.17) is 14.4 Å². The second kappa shape index (κ2) is 9.40. The van der Waals surface area contributed by atoms with Crippen LogP contribution in [-0.4, -0.2) is 26.7 Å². The van der Waals surface area contributed by atoms with E-state index in [2.05, 4.69) is 16.0 Å². The quantitative estimate of drug-likeness (QED) is 0.389. The van der Waals surface area contributed by atoms with Crippen LogP contribution in [0.1, 0.15) is 32.4 Å². The van der Waals surface area contributed by atoms with Crippen LogP contribution in [0.2, 0.25) is 0 Å². The van der Waals surface area contributed by atoms with E-state index in [1.54, 1.807) is 54.6 Å². The summed E-state index contributed by atoms with van der Waals surface area (Å²) >= 11 is 0. The Morgan fingerprint density at radius 2 is 1.76 bits per heavy atom. The number of ether oxygens (including phenoxy) is 1. The first-order chi connectivity index (χ1) is 16.0. The first-order valence-electron chi connectivity index (χ1n) is 9.70. The molecule has 0 spiro atoms. The molecule has 0 saturated heterocycles. The van der Waals surface area contributed by atoms with E-state index < -0.39 is 11.8 Å². The highest BCUT2D eigenvalue weighted by atomic mass is 16.5. The molecule has 3 N–H and O–H groups in total. The minimum absolute atomic E-state index is 0.00310. The van der Waals surface area contributed by atoms with E-state index in [1.165, 1.54) is 16.9 Å². The predicted octanol–water partition coefficient (Wildman–Crippen LogP) is 2.70. The fraction of sp³-hybridized carbons (Fsp3) is 0.0435. The number of nitrogens with one attached hydrogen (secondary N) is 2. The monoisotopic (exact) mass is 443 g/mol. The zero-order valence-corrected chi connectivity index (χ0v) is 17.1. The third-order valence-electron chi connectivity index (χ3n) is 4.48. The van der Waals surface area contributed by atoms with Crippen molar-refractivity contribution >= 4 is 11.8 Å². The molecule has 0 fully saturated rings. The van der Waals surface area contributed by atoms with Gasteiger partial charge in [0.15, 0.2) is 17.2 Å². The third kappa shape index (κ3) is 4.83. The summed E-state index contributed by atoms with van der Waals surface area (Å²) in [6.45, 7) is 0.00310. The van der Waals surface area contributed by atoms with Gasteiger partial charge in [-0.25, -0.2) is 4.68 Å². The lowest BCUT2D eigenvalue weighted by Gasteiger charge is -2.06. The minimum atomic E-state index is -0.807. The highest BCUT2D eigenvalue weighted by Crippen LogP contribution is 2.19. The van der Waals surface area contributed by atoms with Crippen molar-refractivity contribution in [1.82, 2.24) is 20.6 Å².